The van der Waals surface area contributed by atoms with Gasteiger partial charge in [0, 0.05) is 0 Å². The fourth-order valence-corrected chi connectivity index (χ4v) is 3.15. The Bertz CT molecular complexity index is 646. The van der Waals surface area contributed by atoms with Crippen molar-refractivity contribution in [1.29, 1.82) is 0 Å². The highest BCUT2D eigenvalue weighted by Gasteiger charge is 2.34. The van der Waals surface area contributed by atoms with Crippen molar-refractivity contribution in [2.24, 2.45) is 5.92 Å². The topological polar surface area (TPSA) is 72.8 Å². The molecule has 0 aliphatic rings. The number of carbonyl (C=O) groups excluding carboxylic acids is 2. The van der Waals surface area contributed by atoms with Gasteiger partial charge in [0.15, 0.2) is 11.0 Å². The SMILES string of the molecule is CCOC(=O)C(C(=O)Oc1cccs1)C(C)O.c1ccsc1.c1ccsc1. The molecule has 0 saturated carbocycles. The molecule has 0 saturated heterocycles. The van der Waals surface area contributed by atoms with E-state index in [1.807, 2.05) is 45.8 Å². The van der Waals surface area contributed by atoms with Crippen LogP contribution in [0.15, 0.2) is 63.3 Å². The van der Waals surface area contributed by atoms with Gasteiger partial charge in [-0.2, -0.15) is 22.7 Å². The molecular weight excluding hydrogens is 404 g/mol. The molecule has 0 aliphatic carbocycles. The van der Waals surface area contributed by atoms with E-state index in [1.165, 1.54) is 18.3 Å². The van der Waals surface area contributed by atoms with Crippen molar-refractivity contribution >= 4 is 45.9 Å². The second kappa shape index (κ2) is 14.1. The van der Waals surface area contributed by atoms with Crippen molar-refractivity contribution in [2.75, 3.05) is 6.61 Å². The Morgan fingerprint density at radius 2 is 1.52 bits per heavy atom. The minimum atomic E-state index is -1.31. The zero-order chi connectivity index (χ0) is 19.9. The third-order valence-corrected chi connectivity index (χ3v) is 4.83. The molecule has 5 nitrogen and oxygen atoms in total. The Morgan fingerprint density at radius 1 is 0.963 bits per heavy atom. The predicted molar refractivity (Wildman–Crippen MR) is 110 cm³/mol. The number of hydrogen-bond donors (Lipinski definition) is 1. The maximum absolute atomic E-state index is 11.7. The lowest BCUT2D eigenvalue weighted by atomic mass is 10.0. The number of ether oxygens (including phenoxy) is 2. The van der Waals surface area contributed by atoms with E-state index in [0.29, 0.717) is 5.06 Å². The summed E-state index contributed by atoms with van der Waals surface area (Å²) < 4.78 is 9.67. The van der Waals surface area contributed by atoms with E-state index in [0.717, 1.165) is 0 Å². The van der Waals surface area contributed by atoms with Gasteiger partial charge in [0.1, 0.15) is 0 Å². The van der Waals surface area contributed by atoms with Gasteiger partial charge in [-0.25, -0.2) is 0 Å². The Kier molecular flexibility index (Phi) is 12.0. The average molecular weight is 427 g/mol. The molecule has 1 N–H and O–H groups in total. The van der Waals surface area contributed by atoms with Gasteiger partial charge in [-0.15, -0.1) is 11.3 Å². The van der Waals surface area contributed by atoms with Crippen LogP contribution in [0.3, 0.4) is 0 Å². The van der Waals surface area contributed by atoms with E-state index in [4.69, 9.17) is 9.47 Å². The lowest BCUT2D eigenvalue weighted by Crippen LogP contribution is -2.37. The van der Waals surface area contributed by atoms with Gasteiger partial charge in [0.2, 0.25) is 0 Å². The standard InChI is InChI=1S/C11H14O5S.2C4H4S/c1-3-15-10(13)9(7(2)12)11(14)16-8-5-4-6-17-8;2*1-2-4-5-3-1/h4-7,9,12H,3H2,1-2H3;2*1-4H. The number of rotatable bonds is 5. The smallest absolute Gasteiger partial charge is 0.329 e. The molecule has 8 heteroatoms. The fraction of sp³-hybridized carbons (Fsp3) is 0.263. The molecule has 3 heterocycles. The second-order valence-electron chi connectivity index (χ2n) is 4.91. The predicted octanol–water partition coefficient (Wildman–Crippen LogP) is 4.71. The van der Waals surface area contributed by atoms with Crippen LogP contribution in [0.2, 0.25) is 0 Å². The monoisotopic (exact) mass is 426 g/mol. The van der Waals surface area contributed by atoms with Gasteiger partial charge in [-0.1, -0.05) is 24.3 Å². The molecule has 146 valence electrons. The van der Waals surface area contributed by atoms with Crippen LogP contribution in [0.5, 0.6) is 5.06 Å². The first kappa shape index (κ1) is 23.0. The summed E-state index contributed by atoms with van der Waals surface area (Å²) in [5.74, 6) is -2.89. The Labute approximate surface area is 170 Å². The molecule has 0 fully saturated rings. The lowest BCUT2D eigenvalue weighted by Gasteiger charge is -2.16. The van der Waals surface area contributed by atoms with Crippen molar-refractivity contribution in [1.82, 2.24) is 0 Å². The van der Waals surface area contributed by atoms with Crippen LogP contribution in [0, 0.1) is 5.92 Å². The molecular formula is C19H22O5S3. The third-order valence-electron chi connectivity index (χ3n) is 2.82. The summed E-state index contributed by atoms with van der Waals surface area (Å²) in [6, 6.07) is 11.4. The van der Waals surface area contributed by atoms with Crippen molar-refractivity contribution < 1.29 is 24.2 Å². The number of thiophene rings is 3. The Morgan fingerprint density at radius 3 is 1.85 bits per heavy atom. The fourth-order valence-electron chi connectivity index (χ4n) is 1.66. The summed E-state index contributed by atoms with van der Waals surface area (Å²) in [6.45, 7) is 3.12. The highest BCUT2D eigenvalue weighted by Crippen LogP contribution is 2.20. The molecule has 0 radical (unpaired) electrons. The quantitative estimate of drug-likeness (QED) is 0.472. The van der Waals surface area contributed by atoms with Crippen LogP contribution in [0.25, 0.3) is 0 Å². The van der Waals surface area contributed by atoms with Gasteiger partial charge < -0.3 is 14.6 Å². The first-order valence-corrected chi connectivity index (χ1v) is 10.9. The van der Waals surface area contributed by atoms with E-state index < -0.39 is 24.0 Å². The molecule has 0 bridgehead atoms. The third kappa shape index (κ3) is 10.0. The minimum absolute atomic E-state index is 0.147. The number of carbonyl (C=O) groups is 2. The molecule has 27 heavy (non-hydrogen) atoms. The molecule has 3 rings (SSSR count). The zero-order valence-electron chi connectivity index (χ0n) is 15.0. The van der Waals surface area contributed by atoms with Gasteiger partial charge in [-0.3, -0.25) is 9.59 Å². The molecule has 0 spiro atoms. The van der Waals surface area contributed by atoms with E-state index in [2.05, 4.69) is 0 Å². The molecule has 2 atom stereocenters. The summed E-state index contributed by atoms with van der Waals surface area (Å²) in [5, 5.41) is 19.7. The van der Waals surface area contributed by atoms with Gasteiger partial charge in [0.05, 0.1) is 12.7 Å². The van der Waals surface area contributed by atoms with Crippen molar-refractivity contribution in [3.63, 3.8) is 0 Å². The second-order valence-corrected chi connectivity index (χ2v) is 7.45. The van der Waals surface area contributed by atoms with Crippen LogP contribution in [0.1, 0.15) is 13.8 Å². The van der Waals surface area contributed by atoms with Crippen LogP contribution in [-0.2, 0) is 14.3 Å². The molecule has 3 aromatic rings. The summed E-state index contributed by atoms with van der Waals surface area (Å²) in [4.78, 5) is 23.2. The molecule has 0 aromatic carbocycles. The zero-order valence-corrected chi connectivity index (χ0v) is 17.5. The highest BCUT2D eigenvalue weighted by molar-refractivity contribution is 7.11. The summed E-state index contributed by atoms with van der Waals surface area (Å²) in [5.41, 5.74) is 0. The van der Waals surface area contributed by atoms with Crippen LogP contribution in [0.4, 0.5) is 0 Å². The average Bonchev–Trinajstić information content (AvgIpc) is 3.40. The van der Waals surface area contributed by atoms with Crippen molar-refractivity contribution in [3.8, 4) is 5.06 Å². The minimum Gasteiger partial charge on any atom is -0.465 e. The van der Waals surface area contributed by atoms with Crippen LogP contribution in [-0.4, -0.2) is 29.8 Å². The number of esters is 2. The van der Waals surface area contributed by atoms with Crippen molar-refractivity contribution in [3.05, 3.63) is 63.3 Å². The number of aliphatic hydroxyl groups is 1. The van der Waals surface area contributed by atoms with Crippen LogP contribution < -0.4 is 4.74 Å². The summed E-state index contributed by atoms with van der Waals surface area (Å²) in [7, 11) is 0. The molecule has 2 unspecified atom stereocenters. The molecule has 0 amide bonds. The van der Waals surface area contributed by atoms with Crippen LogP contribution >= 0.6 is 34.0 Å². The van der Waals surface area contributed by atoms with E-state index >= 15 is 0 Å². The Hall–Kier alpha value is -2.00. The maximum Gasteiger partial charge on any atom is 0.329 e. The number of aliphatic hydroxyl groups excluding tert-OH is 1. The van der Waals surface area contributed by atoms with Gasteiger partial charge in [0.25, 0.3) is 0 Å². The van der Waals surface area contributed by atoms with E-state index in [1.54, 1.807) is 47.1 Å². The maximum atomic E-state index is 11.7. The first-order valence-electron chi connectivity index (χ1n) is 8.10. The Balaban J connectivity index is 0.000000291. The largest absolute Gasteiger partial charge is 0.465 e. The van der Waals surface area contributed by atoms with Crippen molar-refractivity contribution in [2.45, 2.75) is 20.0 Å². The highest BCUT2D eigenvalue weighted by atomic mass is 32.1. The summed E-state index contributed by atoms with van der Waals surface area (Å²) >= 11 is 4.65. The summed E-state index contributed by atoms with van der Waals surface area (Å²) in [6.07, 6.45) is -1.15. The van der Waals surface area contributed by atoms with E-state index in [9.17, 15) is 14.7 Å². The molecule has 0 aliphatic heterocycles. The lowest BCUT2D eigenvalue weighted by molar-refractivity contribution is -0.161. The number of hydrogen-bond acceptors (Lipinski definition) is 8. The van der Waals surface area contributed by atoms with Gasteiger partial charge in [-0.05, 0) is 52.9 Å². The molecule has 3 aromatic heterocycles. The van der Waals surface area contributed by atoms with Gasteiger partial charge >= 0.3 is 11.9 Å². The first-order chi connectivity index (χ1) is 13.1. The van der Waals surface area contributed by atoms with E-state index in [-0.39, 0.29) is 6.61 Å². The normalized spacial score (nSPS) is 11.7.